The molecule has 0 radical (unpaired) electrons. The maximum atomic E-state index is 12.9. The van der Waals surface area contributed by atoms with Crippen LogP contribution in [-0.4, -0.2) is 30.0 Å². The van der Waals surface area contributed by atoms with Gasteiger partial charge in [0.05, 0.1) is 12.7 Å². The summed E-state index contributed by atoms with van der Waals surface area (Å²) in [4.78, 5) is 35.9. The van der Waals surface area contributed by atoms with E-state index in [0.717, 1.165) is 22.5 Å². The van der Waals surface area contributed by atoms with Crippen LogP contribution in [0.4, 0.5) is 0 Å². The number of hydrogen-bond donors (Lipinski definition) is 0. The molecule has 0 spiro atoms. The van der Waals surface area contributed by atoms with Crippen molar-refractivity contribution in [3.05, 3.63) is 93.6 Å². The zero-order chi connectivity index (χ0) is 22.8. The molecule has 7 nitrogen and oxygen atoms in total. The van der Waals surface area contributed by atoms with E-state index in [1.807, 2.05) is 24.5 Å². The summed E-state index contributed by atoms with van der Waals surface area (Å²) in [6.07, 6.45) is 0. The van der Waals surface area contributed by atoms with Gasteiger partial charge in [0.25, 0.3) is 0 Å². The number of ether oxygens (including phenoxy) is 2. The predicted molar refractivity (Wildman–Crippen MR) is 119 cm³/mol. The van der Waals surface area contributed by atoms with E-state index in [9.17, 15) is 14.4 Å². The first-order valence-electron chi connectivity index (χ1n) is 9.95. The Labute approximate surface area is 183 Å². The van der Waals surface area contributed by atoms with Gasteiger partial charge in [-0.3, -0.25) is 4.79 Å². The molecule has 0 amide bonds. The van der Waals surface area contributed by atoms with Gasteiger partial charge < -0.3 is 18.5 Å². The highest BCUT2D eigenvalue weighted by Gasteiger charge is 2.18. The van der Waals surface area contributed by atoms with Crippen LogP contribution in [0.2, 0.25) is 0 Å². The smallest absolute Gasteiger partial charge is 0.337 e. The number of benzene rings is 2. The fourth-order valence-corrected chi connectivity index (χ4v) is 3.66. The van der Waals surface area contributed by atoms with Gasteiger partial charge in [-0.15, -0.1) is 0 Å². The van der Waals surface area contributed by atoms with Crippen molar-refractivity contribution in [2.75, 3.05) is 13.7 Å². The molecular formula is C25H21NO6. The molecule has 2 heterocycles. The lowest BCUT2D eigenvalue weighted by Crippen LogP contribution is -2.13. The highest BCUT2D eigenvalue weighted by Crippen LogP contribution is 2.23. The molecule has 32 heavy (non-hydrogen) atoms. The van der Waals surface area contributed by atoms with Gasteiger partial charge in [0, 0.05) is 40.2 Å². The van der Waals surface area contributed by atoms with Gasteiger partial charge >= 0.3 is 11.6 Å². The molecule has 162 valence electrons. The molecule has 0 N–H and O–H groups in total. The van der Waals surface area contributed by atoms with Gasteiger partial charge in [0.1, 0.15) is 11.3 Å². The lowest BCUT2D eigenvalue weighted by atomic mass is 10.1. The Morgan fingerprint density at radius 3 is 2.41 bits per heavy atom. The molecule has 4 aromatic rings. The molecule has 0 aliphatic rings. The van der Waals surface area contributed by atoms with Crippen LogP contribution in [0.25, 0.3) is 16.7 Å². The van der Waals surface area contributed by atoms with E-state index in [4.69, 9.17) is 13.9 Å². The fourth-order valence-electron chi connectivity index (χ4n) is 3.66. The van der Waals surface area contributed by atoms with E-state index in [0.29, 0.717) is 22.5 Å². The number of esters is 1. The standard InChI is InChI=1S/C25H21NO6/c1-15-12-21(16(2)26(15)19-8-4-18(5-9-19)25(29)30-3)22(27)14-31-20-10-6-17-7-11-24(28)32-23(17)13-20/h4-13H,14H2,1-3H3. The van der Waals surface area contributed by atoms with Crippen LogP contribution in [0.15, 0.2) is 69.9 Å². The van der Waals surface area contributed by atoms with Crippen molar-refractivity contribution >= 4 is 22.7 Å². The molecule has 0 aliphatic carbocycles. The molecular weight excluding hydrogens is 410 g/mol. The van der Waals surface area contributed by atoms with E-state index >= 15 is 0 Å². The van der Waals surface area contributed by atoms with E-state index in [2.05, 4.69) is 0 Å². The Kier molecular flexibility index (Phi) is 5.64. The molecule has 7 heteroatoms. The zero-order valence-corrected chi connectivity index (χ0v) is 17.9. The minimum Gasteiger partial charge on any atom is -0.485 e. The van der Waals surface area contributed by atoms with Gasteiger partial charge in [0.2, 0.25) is 5.78 Å². The number of nitrogens with zero attached hydrogens (tertiary/aromatic N) is 1. The minimum absolute atomic E-state index is 0.159. The number of carbonyl (C=O) groups excluding carboxylic acids is 2. The van der Waals surface area contributed by atoms with Crippen molar-refractivity contribution < 1.29 is 23.5 Å². The van der Waals surface area contributed by atoms with Gasteiger partial charge in [-0.2, -0.15) is 0 Å². The lowest BCUT2D eigenvalue weighted by molar-refractivity contribution is 0.0600. The summed E-state index contributed by atoms with van der Waals surface area (Å²) in [5, 5.41) is 0.769. The number of rotatable bonds is 6. The van der Waals surface area contributed by atoms with Crippen molar-refractivity contribution in [3.63, 3.8) is 0 Å². The number of fused-ring (bicyclic) bond motifs is 1. The Morgan fingerprint density at radius 1 is 0.969 bits per heavy atom. The van der Waals surface area contributed by atoms with Gasteiger partial charge in [-0.1, -0.05) is 0 Å². The number of aromatic nitrogens is 1. The maximum absolute atomic E-state index is 12.9. The zero-order valence-electron chi connectivity index (χ0n) is 17.9. The molecule has 2 aromatic heterocycles. The van der Waals surface area contributed by atoms with Crippen molar-refractivity contribution in [3.8, 4) is 11.4 Å². The molecule has 0 saturated heterocycles. The van der Waals surface area contributed by atoms with Crippen LogP contribution in [0.3, 0.4) is 0 Å². The maximum Gasteiger partial charge on any atom is 0.337 e. The summed E-state index contributed by atoms with van der Waals surface area (Å²) < 4.78 is 17.5. The molecule has 0 bridgehead atoms. The van der Waals surface area contributed by atoms with Gasteiger partial charge in [-0.05, 0) is 62.4 Å². The van der Waals surface area contributed by atoms with E-state index in [-0.39, 0.29) is 12.4 Å². The van der Waals surface area contributed by atoms with Gasteiger partial charge in [-0.25, -0.2) is 9.59 Å². The summed E-state index contributed by atoms with van der Waals surface area (Å²) in [6.45, 7) is 3.61. The fraction of sp³-hybridized carbons (Fsp3) is 0.160. The molecule has 0 atom stereocenters. The summed E-state index contributed by atoms with van der Waals surface area (Å²) in [5.41, 5.74) is 3.43. The van der Waals surface area contributed by atoms with E-state index in [1.165, 1.54) is 13.2 Å². The second-order valence-electron chi connectivity index (χ2n) is 7.32. The van der Waals surface area contributed by atoms with Crippen LogP contribution in [0.5, 0.6) is 5.75 Å². The van der Waals surface area contributed by atoms with Crippen molar-refractivity contribution in [2.45, 2.75) is 13.8 Å². The third-order valence-corrected chi connectivity index (χ3v) is 5.24. The molecule has 0 unspecified atom stereocenters. The topological polar surface area (TPSA) is 87.7 Å². The van der Waals surface area contributed by atoms with Crippen LogP contribution in [-0.2, 0) is 4.74 Å². The third-order valence-electron chi connectivity index (χ3n) is 5.24. The largest absolute Gasteiger partial charge is 0.485 e. The Balaban J connectivity index is 1.53. The Morgan fingerprint density at radius 2 is 1.69 bits per heavy atom. The second-order valence-corrected chi connectivity index (χ2v) is 7.32. The Hall–Kier alpha value is -4.13. The Bertz CT molecular complexity index is 1380. The number of aryl methyl sites for hydroxylation is 1. The predicted octanol–water partition coefficient (Wildman–Crippen LogP) is 4.25. The SMILES string of the molecule is COC(=O)c1ccc(-n2c(C)cc(C(=O)COc3ccc4ccc(=O)oc4c3)c2C)cc1. The summed E-state index contributed by atoms with van der Waals surface area (Å²) in [7, 11) is 1.34. The molecule has 2 aromatic carbocycles. The van der Waals surface area contributed by atoms with Crippen LogP contribution in [0.1, 0.15) is 32.1 Å². The first kappa shape index (κ1) is 21.1. The highest BCUT2D eigenvalue weighted by molar-refractivity contribution is 5.99. The summed E-state index contributed by atoms with van der Waals surface area (Å²) >= 11 is 0. The first-order valence-corrected chi connectivity index (χ1v) is 9.95. The summed E-state index contributed by atoms with van der Waals surface area (Å²) in [5.74, 6) is -0.143. The summed E-state index contributed by atoms with van der Waals surface area (Å²) in [6, 6.07) is 16.9. The van der Waals surface area contributed by atoms with Crippen LogP contribution in [0, 0.1) is 13.8 Å². The number of Topliss-reactive ketones (excluding diaryl/α,β-unsaturated/α-hetero) is 1. The molecule has 0 aliphatic heterocycles. The number of hydrogen-bond acceptors (Lipinski definition) is 6. The quantitative estimate of drug-likeness (QED) is 0.258. The normalized spacial score (nSPS) is 10.8. The second kappa shape index (κ2) is 8.55. The molecule has 0 saturated carbocycles. The highest BCUT2D eigenvalue weighted by atomic mass is 16.5. The number of methoxy groups -OCH3 is 1. The van der Waals surface area contributed by atoms with Crippen LogP contribution >= 0.6 is 0 Å². The average molecular weight is 431 g/mol. The molecule has 4 rings (SSSR count). The number of ketones is 1. The van der Waals surface area contributed by atoms with Crippen LogP contribution < -0.4 is 10.4 Å². The third kappa shape index (κ3) is 4.05. The monoisotopic (exact) mass is 431 g/mol. The minimum atomic E-state index is -0.446. The van der Waals surface area contributed by atoms with E-state index < -0.39 is 11.6 Å². The lowest BCUT2D eigenvalue weighted by Gasteiger charge is -2.11. The van der Waals surface area contributed by atoms with Crippen molar-refractivity contribution in [1.29, 1.82) is 0 Å². The van der Waals surface area contributed by atoms with Crippen molar-refractivity contribution in [2.24, 2.45) is 0 Å². The molecule has 0 fully saturated rings. The average Bonchev–Trinajstić information content (AvgIpc) is 3.10. The van der Waals surface area contributed by atoms with Crippen molar-refractivity contribution in [1.82, 2.24) is 4.57 Å². The number of carbonyl (C=O) groups is 2. The van der Waals surface area contributed by atoms with Gasteiger partial charge in [0.15, 0.2) is 6.61 Å². The van der Waals surface area contributed by atoms with E-state index in [1.54, 1.807) is 48.5 Å². The first-order chi connectivity index (χ1) is 15.4.